The number of esters is 1. The Morgan fingerprint density at radius 2 is 1.67 bits per heavy atom. The molecule has 1 aliphatic carbocycles. The van der Waals surface area contributed by atoms with Crippen LogP contribution in [0.2, 0.25) is 10.0 Å². The van der Waals surface area contributed by atoms with E-state index in [2.05, 4.69) is 0 Å². The van der Waals surface area contributed by atoms with Gasteiger partial charge < -0.3 is 30.3 Å². The van der Waals surface area contributed by atoms with Crippen molar-refractivity contribution in [1.82, 2.24) is 0 Å². The molecule has 1 aliphatic rings. The summed E-state index contributed by atoms with van der Waals surface area (Å²) >= 11 is 20.2. The van der Waals surface area contributed by atoms with Crippen LogP contribution < -0.4 is 0 Å². The van der Waals surface area contributed by atoms with E-state index in [-0.39, 0.29) is 23.6 Å². The molecule has 3 rings (SSSR count). The molecule has 11 heteroatoms. The molecule has 39 heavy (non-hydrogen) atoms. The predicted octanol–water partition coefficient (Wildman–Crippen LogP) is 4.63. The molecule has 2 aromatic rings. The van der Waals surface area contributed by atoms with Crippen molar-refractivity contribution in [2.24, 2.45) is 11.8 Å². The molecule has 1 saturated carbocycles. The van der Waals surface area contributed by atoms with E-state index in [9.17, 15) is 30.3 Å². The van der Waals surface area contributed by atoms with Crippen molar-refractivity contribution < 1.29 is 35.1 Å². The summed E-state index contributed by atoms with van der Waals surface area (Å²) in [6.07, 6.45) is -1.60. The van der Waals surface area contributed by atoms with Crippen LogP contribution >= 0.6 is 46.1 Å². The standard InChI is InChI=1S/C28H37Cl3O7S/c1-2-22(32)26(35)27(36)24(34)14-38-28(37)25-9-7-18(39-25)4-3-5-19-20(23(33)13-21(19)31)8-6-15-10-16(29)12-17(30)11-15/h7,9-12,19-24,26-27,32-36H,2-6,8,13-14H2,1H3/t19-,20-,21-,22+,23-,24+,26-,27-/m1/s1. The highest BCUT2D eigenvalue weighted by Crippen LogP contribution is 2.42. The first-order valence-corrected chi connectivity index (χ1v) is 15.3. The SMILES string of the molecule is CC[C@H](O)[C@@H](O)[C@H](O)[C@@H](O)COC(=O)c1ccc(CCC[C@@H]2[C@@H](CCc3cc(Cl)cc(Cl)c3)[C@H](O)C[C@H]2Cl)s1. The van der Waals surface area contributed by atoms with E-state index in [0.29, 0.717) is 21.3 Å². The van der Waals surface area contributed by atoms with Gasteiger partial charge in [0, 0.05) is 20.3 Å². The van der Waals surface area contributed by atoms with Crippen LogP contribution in [-0.4, -0.2) is 74.0 Å². The number of aliphatic hydroxyl groups excluding tert-OH is 5. The summed E-state index contributed by atoms with van der Waals surface area (Å²) < 4.78 is 5.10. The first-order valence-electron chi connectivity index (χ1n) is 13.2. The van der Waals surface area contributed by atoms with Gasteiger partial charge in [-0.25, -0.2) is 4.79 Å². The molecule has 0 spiro atoms. The van der Waals surface area contributed by atoms with Gasteiger partial charge in [0.25, 0.3) is 0 Å². The van der Waals surface area contributed by atoms with Gasteiger partial charge in [-0.05, 0) is 92.7 Å². The highest BCUT2D eigenvalue weighted by atomic mass is 35.5. The number of aryl methyl sites for hydroxylation is 2. The lowest BCUT2D eigenvalue weighted by Gasteiger charge is -2.25. The van der Waals surface area contributed by atoms with E-state index in [1.807, 2.05) is 18.2 Å². The summed E-state index contributed by atoms with van der Waals surface area (Å²) in [4.78, 5) is 13.8. The number of carbonyl (C=O) groups is 1. The summed E-state index contributed by atoms with van der Waals surface area (Å²) in [6, 6.07) is 9.00. The fraction of sp³-hybridized carbons (Fsp3) is 0.607. The van der Waals surface area contributed by atoms with Crippen LogP contribution in [0.15, 0.2) is 30.3 Å². The first-order chi connectivity index (χ1) is 18.5. The molecule has 0 aliphatic heterocycles. The fourth-order valence-corrected chi connectivity index (χ4v) is 7.20. The van der Waals surface area contributed by atoms with E-state index in [1.165, 1.54) is 11.3 Å². The Labute approximate surface area is 248 Å². The maximum Gasteiger partial charge on any atom is 0.348 e. The highest BCUT2D eigenvalue weighted by molar-refractivity contribution is 7.13. The van der Waals surface area contributed by atoms with Crippen LogP contribution in [0.3, 0.4) is 0 Å². The highest BCUT2D eigenvalue weighted by Gasteiger charge is 2.40. The van der Waals surface area contributed by atoms with Crippen molar-refractivity contribution in [3.05, 3.63) is 55.7 Å². The van der Waals surface area contributed by atoms with Crippen LogP contribution in [0, 0.1) is 11.8 Å². The molecular weight excluding hydrogens is 587 g/mol. The van der Waals surface area contributed by atoms with E-state index in [0.717, 1.165) is 42.5 Å². The summed E-state index contributed by atoms with van der Waals surface area (Å²) in [5.74, 6) is -0.378. The number of hydrogen-bond acceptors (Lipinski definition) is 8. The zero-order chi connectivity index (χ0) is 28.7. The molecule has 1 heterocycles. The maximum absolute atomic E-state index is 12.4. The van der Waals surface area contributed by atoms with Crippen molar-refractivity contribution >= 4 is 52.1 Å². The van der Waals surface area contributed by atoms with E-state index < -0.39 is 43.1 Å². The van der Waals surface area contributed by atoms with Gasteiger partial charge in [-0.1, -0.05) is 30.1 Å². The molecule has 0 bridgehead atoms. The van der Waals surface area contributed by atoms with Crippen LogP contribution in [0.25, 0.3) is 0 Å². The van der Waals surface area contributed by atoms with Crippen LogP contribution in [-0.2, 0) is 17.6 Å². The largest absolute Gasteiger partial charge is 0.459 e. The summed E-state index contributed by atoms with van der Waals surface area (Å²) in [5, 5.41) is 51.1. The Morgan fingerprint density at radius 3 is 2.33 bits per heavy atom. The second-order valence-corrected chi connectivity index (χ2v) is 12.8. The molecule has 0 saturated heterocycles. The van der Waals surface area contributed by atoms with Crippen molar-refractivity contribution in [1.29, 1.82) is 0 Å². The van der Waals surface area contributed by atoms with Gasteiger partial charge in [-0.15, -0.1) is 22.9 Å². The quantitative estimate of drug-likeness (QED) is 0.153. The molecular formula is C28H37Cl3O7S. The molecule has 7 nitrogen and oxygen atoms in total. The van der Waals surface area contributed by atoms with Crippen molar-refractivity contribution in [2.75, 3.05) is 6.61 Å². The molecule has 0 radical (unpaired) electrons. The topological polar surface area (TPSA) is 127 Å². The van der Waals surface area contributed by atoms with Gasteiger partial charge in [-0.3, -0.25) is 0 Å². The van der Waals surface area contributed by atoms with E-state index in [1.54, 1.807) is 19.1 Å². The van der Waals surface area contributed by atoms with Gasteiger partial charge >= 0.3 is 5.97 Å². The molecule has 1 aromatic carbocycles. The average Bonchev–Trinajstić information content (AvgIpc) is 3.47. The molecule has 8 atom stereocenters. The van der Waals surface area contributed by atoms with Crippen molar-refractivity contribution in [3.63, 3.8) is 0 Å². The smallest absolute Gasteiger partial charge is 0.348 e. The van der Waals surface area contributed by atoms with Crippen LogP contribution in [0.5, 0.6) is 0 Å². The Morgan fingerprint density at radius 1 is 1.00 bits per heavy atom. The molecule has 5 N–H and O–H groups in total. The molecule has 218 valence electrons. The van der Waals surface area contributed by atoms with E-state index >= 15 is 0 Å². The lowest BCUT2D eigenvalue weighted by atomic mass is 9.85. The minimum absolute atomic E-state index is 0.0814. The first kappa shape index (κ1) is 32.6. The lowest BCUT2D eigenvalue weighted by molar-refractivity contribution is -0.116. The van der Waals surface area contributed by atoms with Gasteiger partial charge in [0.15, 0.2) is 0 Å². The summed E-state index contributed by atoms with van der Waals surface area (Å²) in [6.45, 7) is 1.12. The monoisotopic (exact) mass is 622 g/mol. The molecule has 0 unspecified atom stereocenters. The lowest BCUT2D eigenvalue weighted by Crippen LogP contribution is -2.46. The molecule has 1 fully saturated rings. The minimum Gasteiger partial charge on any atom is -0.459 e. The van der Waals surface area contributed by atoms with Gasteiger partial charge in [0.1, 0.15) is 29.8 Å². The zero-order valence-corrected chi connectivity index (χ0v) is 24.8. The van der Waals surface area contributed by atoms with E-state index in [4.69, 9.17) is 39.5 Å². The number of alkyl halides is 1. The zero-order valence-electron chi connectivity index (χ0n) is 21.8. The number of aliphatic hydroxyl groups is 5. The Kier molecular flexibility index (Phi) is 12.8. The number of halogens is 3. The Bertz CT molecular complexity index is 1050. The Hall–Kier alpha value is -0.940. The minimum atomic E-state index is -1.64. The molecule has 1 aromatic heterocycles. The maximum atomic E-state index is 12.4. The van der Waals surface area contributed by atoms with Crippen LogP contribution in [0.4, 0.5) is 0 Å². The van der Waals surface area contributed by atoms with Gasteiger partial charge in [0.2, 0.25) is 0 Å². The van der Waals surface area contributed by atoms with Crippen molar-refractivity contribution in [2.45, 2.75) is 87.8 Å². The van der Waals surface area contributed by atoms with Gasteiger partial charge in [-0.2, -0.15) is 0 Å². The van der Waals surface area contributed by atoms with Gasteiger partial charge in [0.05, 0.1) is 12.2 Å². The Balaban J connectivity index is 1.46. The third kappa shape index (κ3) is 9.28. The second-order valence-electron chi connectivity index (χ2n) is 10.2. The number of benzene rings is 1. The summed E-state index contributed by atoms with van der Waals surface area (Å²) in [5.41, 5.74) is 1.03. The number of carbonyl (C=O) groups excluding carboxylic acids is 1. The number of ether oxygens (including phenoxy) is 1. The number of rotatable bonds is 14. The van der Waals surface area contributed by atoms with Crippen molar-refractivity contribution in [3.8, 4) is 0 Å². The number of hydrogen-bond donors (Lipinski definition) is 5. The molecule has 0 amide bonds. The second kappa shape index (κ2) is 15.3. The average molecular weight is 624 g/mol. The third-order valence-electron chi connectivity index (χ3n) is 7.43. The number of thiophene rings is 1. The summed E-state index contributed by atoms with van der Waals surface area (Å²) in [7, 11) is 0. The fourth-order valence-electron chi connectivity index (χ4n) is 5.19. The third-order valence-corrected chi connectivity index (χ3v) is 9.49. The normalized spacial score (nSPS) is 24.3. The van der Waals surface area contributed by atoms with Crippen LogP contribution in [0.1, 0.15) is 59.1 Å². The predicted molar refractivity (Wildman–Crippen MR) is 154 cm³/mol.